The van der Waals surface area contributed by atoms with Gasteiger partial charge in [-0.1, -0.05) is 35.9 Å². The number of halogens is 1. The zero-order valence-corrected chi connectivity index (χ0v) is 17.2. The van der Waals surface area contributed by atoms with E-state index in [1.54, 1.807) is 48.5 Å². The summed E-state index contributed by atoms with van der Waals surface area (Å²) in [5.41, 5.74) is -0.0569. The van der Waals surface area contributed by atoms with Crippen LogP contribution in [0, 0.1) is 0 Å². The molecule has 5 aromatic rings. The first kappa shape index (κ1) is 19.9. The van der Waals surface area contributed by atoms with Crippen LogP contribution < -0.4 is 11.3 Å². The normalized spacial score (nSPS) is 11.4. The van der Waals surface area contributed by atoms with Crippen LogP contribution in [0.3, 0.4) is 0 Å². The molecule has 0 saturated heterocycles. The van der Waals surface area contributed by atoms with Gasteiger partial charge in [-0.2, -0.15) is 0 Å². The topological polar surface area (TPSA) is 101 Å². The molecular formula is C25H15ClO6. The van der Waals surface area contributed by atoms with Gasteiger partial charge in [-0.3, -0.25) is 0 Å². The third-order valence-electron chi connectivity index (χ3n) is 5.39. The zero-order valence-electron chi connectivity index (χ0n) is 16.4. The van der Waals surface area contributed by atoms with Gasteiger partial charge >= 0.3 is 11.3 Å². The highest BCUT2D eigenvalue weighted by atomic mass is 35.5. The number of rotatable bonds is 3. The van der Waals surface area contributed by atoms with Crippen molar-refractivity contribution in [2.75, 3.05) is 0 Å². The summed E-state index contributed by atoms with van der Waals surface area (Å²) in [6, 6.07) is 18.9. The number of phenolic OH excluding ortho intramolecular Hbond substituents is 2. The highest BCUT2D eigenvalue weighted by Crippen LogP contribution is 2.35. The van der Waals surface area contributed by atoms with Crippen LogP contribution in [0.1, 0.15) is 22.6 Å². The van der Waals surface area contributed by atoms with Crippen molar-refractivity contribution in [1.29, 1.82) is 0 Å². The Morgan fingerprint density at radius 2 is 1.16 bits per heavy atom. The molecule has 0 bridgehead atoms. The average molecular weight is 447 g/mol. The molecule has 5 rings (SSSR count). The first-order valence-corrected chi connectivity index (χ1v) is 10.1. The molecular weight excluding hydrogens is 432 g/mol. The van der Waals surface area contributed by atoms with Crippen molar-refractivity contribution in [2.45, 2.75) is 5.92 Å². The van der Waals surface area contributed by atoms with Gasteiger partial charge < -0.3 is 19.0 Å². The molecule has 0 saturated carbocycles. The largest absolute Gasteiger partial charge is 0.507 e. The lowest BCUT2D eigenvalue weighted by molar-refractivity contribution is 0.478. The van der Waals surface area contributed by atoms with Crippen molar-refractivity contribution in [3.8, 4) is 11.5 Å². The number of fused-ring (bicyclic) bond motifs is 2. The molecule has 0 aliphatic rings. The molecule has 7 heteroatoms. The van der Waals surface area contributed by atoms with Gasteiger partial charge in [0.25, 0.3) is 0 Å². The predicted molar refractivity (Wildman–Crippen MR) is 121 cm³/mol. The minimum absolute atomic E-state index is 0.0643. The lowest BCUT2D eigenvalue weighted by Gasteiger charge is -2.17. The first-order valence-electron chi connectivity index (χ1n) is 9.69. The minimum atomic E-state index is -0.896. The summed E-state index contributed by atoms with van der Waals surface area (Å²) < 4.78 is 10.9. The van der Waals surface area contributed by atoms with E-state index in [9.17, 15) is 19.8 Å². The van der Waals surface area contributed by atoms with Crippen LogP contribution in [0.25, 0.3) is 21.9 Å². The van der Waals surface area contributed by atoms with Crippen LogP contribution in [0.5, 0.6) is 11.5 Å². The Balaban J connectivity index is 1.85. The number of benzene rings is 3. The molecule has 32 heavy (non-hydrogen) atoms. The maximum atomic E-state index is 13.0. The molecule has 0 amide bonds. The lowest BCUT2D eigenvalue weighted by Crippen LogP contribution is -2.20. The van der Waals surface area contributed by atoms with Crippen LogP contribution in [0.4, 0.5) is 0 Å². The molecule has 0 unspecified atom stereocenters. The summed E-state index contributed by atoms with van der Waals surface area (Å²) in [5, 5.41) is 21.7. The van der Waals surface area contributed by atoms with Crippen molar-refractivity contribution in [3.63, 3.8) is 0 Å². The summed E-state index contributed by atoms with van der Waals surface area (Å²) in [5.74, 6) is -1.02. The molecule has 0 spiro atoms. The summed E-state index contributed by atoms with van der Waals surface area (Å²) in [6.45, 7) is 0. The number of phenols is 2. The fraction of sp³-hybridized carbons (Fsp3) is 0.0400. The Morgan fingerprint density at radius 3 is 1.62 bits per heavy atom. The molecule has 6 nitrogen and oxygen atoms in total. The smallest absolute Gasteiger partial charge is 0.340 e. The minimum Gasteiger partial charge on any atom is -0.507 e. The van der Waals surface area contributed by atoms with Crippen molar-refractivity contribution < 1.29 is 19.0 Å². The Hall–Kier alpha value is -4.03. The molecule has 158 valence electrons. The van der Waals surface area contributed by atoms with Gasteiger partial charge in [0.2, 0.25) is 0 Å². The van der Waals surface area contributed by atoms with Crippen molar-refractivity contribution >= 4 is 33.5 Å². The molecule has 0 aliphatic heterocycles. The summed E-state index contributed by atoms with van der Waals surface area (Å²) in [4.78, 5) is 26.0. The highest BCUT2D eigenvalue weighted by molar-refractivity contribution is 6.30. The number of aromatic hydroxyl groups is 2. The fourth-order valence-electron chi connectivity index (χ4n) is 3.86. The predicted octanol–water partition coefficient (Wildman–Crippen LogP) is 5.14. The van der Waals surface area contributed by atoms with Gasteiger partial charge in [0.05, 0.1) is 21.9 Å². The molecule has 2 N–H and O–H groups in total. The van der Waals surface area contributed by atoms with E-state index in [4.69, 9.17) is 20.4 Å². The van der Waals surface area contributed by atoms with Gasteiger partial charge in [-0.25, -0.2) is 9.59 Å². The molecule has 0 fully saturated rings. The second-order valence-electron chi connectivity index (χ2n) is 7.34. The van der Waals surface area contributed by atoms with E-state index in [1.807, 2.05) is 0 Å². The Labute approximate surface area is 185 Å². The first-order chi connectivity index (χ1) is 15.4. The van der Waals surface area contributed by atoms with Crippen molar-refractivity contribution in [2.24, 2.45) is 0 Å². The molecule has 0 atom stereocenters. The second kappa shape index (κ2) is 7.59. The maximum Gasteiger partial charge on any atom is 0.340 e. The van der Waals surface area contributed by atoms with Crippen LogP contribution in [0.15, 0.2) is 91.2 Å². The van der Waals surface area contributed by atoms with Gasteiger partial charge in [0.15, 0.2) is 0 Å². The van der Waals surface area contributed by atoms with Gasteiger partial charge in [0.1, 0.15) is 22.7 Å². The van der Waals surface area contributed by atoms with E-state index in [-0.39, 0.29) is 33.8 Å². The molecule has 0 radical (unpaired) electrons. The second-order valence-corrected chi connectivity index (χ2v) is 7.78. The molecule has 3 aromatic carbocycles. The van der Waals surface area contributed by atoms with E-state index in [1.165, 1.54) is 24.3 Å². The monoisotopic (exact) mass is 446 g/mol. The van der Waals surface area contributed by atoms with E-state index in [0.717, 1.165) is 0 Å². The third-order valence-corrected chi connectivity index (χ3v) is 5.64. The van der Waals surface area contributed by atoms with E-state index in [0.29, 0.717) is 21.4 Å². The lowest BCUT2D eigenvalue weighted by atomic mass is 9.86. The van der Waals surface area contributed by atoms with Crippen LogP contribution >= 0.6 is 11.6 Å². The fourth-order valence-corrected chi connectivity index (χ4v) is 3.99. The average Bonchev–Trinajstić information content (AvgIpc) is 2.77. The van der Waals surface area contributed by atoms with E-state index in [2.05, 4.69) is 0 Å². The Bertz CT molecular complexity index is 1500. The van der Waals surface area contributed by atoms with Gasteiger partial charge in [0, 0.05) is 10.9 Å². The maximum absolute atomic E-state index is 13.0. The van der Waals surface area contributed by atoms with Crippen LogP contribution in [-0.4, -0.2) is 10.2 Å². The number of hydrogen-bond donors (Lipinski definition) is 2. The molecule has 2 heterocycles. The summed E-state index contributed by atoms with van der Waals surface area (Å²) >= 11 is 6.04. The van der Waals surface area contributed by atoms with Gasteiger partial charge in [-0.05, 0) is 54.1 Å². The molecule has 2 aromatic heterocycles. The van der Waals surface area contributed by atoms with Gasteiger partial charge in [-0.15, -0.1) is 0 Å². The summed E-state index contributed by atoms with van der Waals surface area (Å²) in [6.07, 6.45) is 0. The number of hydrogen-bond acceptors (Lipinski definition) is 6. The zero-order chi connectivity index (χ0) is 22.4. The SMILES string of the molecule is O=c1oc2cccc(O)c2cc1C(c1ccc(Cl)cc1)c1cc2c(O)cccc2oc1=O. The van der Waals surface area contributed by atoms with Crippen LogP contribution in [-0.2, 0) is 0 Å². The molecule has 0 aliphatic carbocycles. The standard InChI is InChI=1S/C25H15ClO6/c26-14-9-7-13(8-10-14)23(17-11-15-19(27)3-1-5-21(15)31-24(17)29)18-12-16-20(28)4-2-6-22(16)32-25(18)30/h1-12,23,27-28H. The summed E-state index contributed by atoms with van der Waals surface area (Å²) in [7, 11) is 0. The van der Waals surface area contributed by atoms with Crippen molar-refractivity contribution in [1.82, 2.24) is 0 Å². The van der Waals surface area contributed by atoms with Crippen molar-refractivity contribution in [3.05, 3.63) is 115 Å². The third kappa shape index (κ3) is 3.31. The van der Waals surface area contributed by atoms with E-state index >= 15 is 0 Å². The Morgan fingerprint density at radius 1 is 0.688 bits per heavy atom. The quantitative estimate of drug-likeness (QED) is 0.372. The Kier molecular flexibility index (Phi) is 4.72. The van der Waals surface area contributed by atoms with E-state index < -0.39 is 17.2 Å². The highest BCUT2D eigenvalue weighted by Gasteiger charge is 2.26. The van der Waals surface area contributed by atoms with Crippen LogP contribution in [0.2, 0.25) is 5.02 Å².